The fourth-order valence-electron chi connectivity index (χ4n) is 1.89. The van der Waals surface area contributed by atoms with Crippen molar-refractivity contribution in [1.29, 1.82) is 0 Å². The van der Waals surface area contributed by atoms with Crippen LogP contribution in [-0.4, -0.2) is 47.3 Å². The first-order chi connectivity index (χ1) is 9.67. The predicted molar refractivity (Wildman–Crippen MR) is 71.7 cm³/mol. The molecule has 2 aromatic rings. The van der Waals surface area contributed by atoms with Crippen LogP contribution in [0.5, 0.6) is 11.5 Å². The Morgan fingerprint density at radius 1 is 1.35 bits per heavy atom. The van der Waals surface area contributed by atoms with Gasteiger partial charge in [-0.1, -0.05) is 12.1 Å². The number of hydrogen-bond donors (Lipinski definition) is 1. The van der Waals surface area contributed by atoms with Gasteiger partial charge in [0.15, 0.2) is 11.5 Å². The molecule has 20 heavy (non-hydrogen) atoms. The van der Waals surface area contributed by atoms with Crippen molar-refractivity contribution in [3.63, 3.8) is 0 Å². The number of benzene rings is 1. The molecule has 0 atom stereocenters. The number of H-pyrrole nitrogens is 1. The van der Waals surface area contributed by atoms with Gasteiger partial charge in [-0.05, 0) is 6.07 Å². The van der Waals surface area contributed by atoms with Crippen LogP contribution in [0.3, 0.4) is 0 Å². The minimum atomic E-state index is -0.243. The molecule has 0 fully saturated rings. The summed E-state index contributed by atoms with van der Waals surface area (Å²) < 4.78 is 10.6. The maximum absolute atomic E-state index is 12.1. The molecule has 0 spiro atoms. The number of aromatic nitrogens is 3. The molecule has 0 aliphatic heterocycles. The first-order valence-electron chi connectivity index (χ1n) is 5.98. The fourth-order valence-corrected chi connectivity index (χ4v) is 1.89. The second-order valence-electron chi connectivity index (χ2n) is 4.15. The quantitative estimate of drug-likeness (QED) is 0.884. The van der Waals surface area contributed by atoms with Crippen molar-refractivity contribution in [3.8, 4) is 11.5 Å². The summed E-state index contributed by atoms with van der Waals surface area (Å²) in [6, 6.07) is 5.54. The van der Waals surface area contributed by atoms with Gasteiger partial charge in [0, 0.05) is 19.2 Å². The topological polar surface area (TPSA) is 80.3 Å². The number of methoxy groups -OCH3 is 2. The monoisotopic (exact) mass is 276 g/mol. The van der Waals surface area contributed by atoms with E-state index in [2.05, 4.69) is 15.2 Å². The lowest BCUT2D eigenvalue weighted by Crippen LogP contribution is -2.27. The summed E-state index contributed by atoms with van der Waals surface area (Å²) in [6.07, 6.45) is 1.30. The normalized spacial score (nSPS) is 10.2. The molecule has 0 radical (unpaired) electrons. The summed E-state index contributed by atoms with van der Waals surface area (Å²) in [5.74, 6) is 1.21. The van der Waals surface area contributed by atoms with Crippen molar-refractivity contribution in [3.05, 3.63) is 35.9 Å². The summed E-state index contributed by atoms with van der Waals surface area (Å²) in [6.45, 7) is 0.375. The van der Waals surface area contributed by atoms with E-state index in [1.165, 1.54) is 11.2 Å². The van der Waals surface area contributed by atoms with Gasteiger partial charge in [-0.15, -0.1) is 0 Å². The molecule has 1 N–H and O–H groups in total. The lowest BCUT2D eigenvalue weighted by molar-refractivity contribution is 0.0772. The lowest BCUT2D eigenvalue weighted by atomic mass is 10.1. The highest BCUT2D eigenvalue weighted by Crippen LogP contribution is 2.31. The lowest BCUT2D eigenvalue weighted by Gasteiger charge is -2.18. The zero-order chi connectivity index (χ0) is 14.5. The molecule has 1 amide bonds. The molecular formula is C13H16N4O3. The summed E-state index contributed by atoms with van der Waals surface area (Å²) in [5.41, 5.74) is 0.849. The highest BCUT2D eigenvalue weighted by atomic mass is 16.5. The minimum Gasteiger partial charge on any atom is -0.493 e. The molecule has 0 saturated heterocycles. The average Bonchev–Trinajstić information content (AvgIpc) is 3.00. The van der Waals surface area contributed by atoms with Crippen molar-refractivity contribution in [2.75, 3.05) is 21.3 Å². The molecule has 2 rings (SSSR count). The number of amides is 1. The van der Waals surface area contributed by atoms with Gasteiger partial charge in [0.2, 0.25) is 5.82 Å². The third-order valence-corrected chi connectivity index (χ3v) is 2.86. The minimum absolute atomic E-state index is 0.203. The van der Waals surface area contributed by atoms with Gasteiger partial charge >= 0.3 is 0 Å². The Morgan fingerprint density at radius 2 is 2.15 bits per heavy atom. The van der Waals surface area contributed by atoms with Gasteiger partial charge in [-0.25, -0.2) is 4.98 Å². The van der Waals surface area contributed by atoms with Gasteiger partial charge in [-0.3, -0.25) is 9.89 Å². The molecule has 0 aliphatic carbocycles. The van der Waals surface area contributed by atoms with Gasteiger partial charge < -0.3 is 14.4 Å². The second-order valence-corrected chi connectivity index (χ2v) is 4.15. The van der Waals surface area contributed by atoms with Gasteiger partial charge in [-0.2, -0.15) is 5.10 Å². The third-order valence-electron chi connectivity index (χ3n) is 2.86. The van der Waals surface area contributed by atoms with Crippen LogP contribution in [0.15, 0.2) is 24.5 Å². The third kappa shape index (κ3) is 2.71. The predicted octanol–water partition coefficient (Wildman–Crippen LogP) is 1.09. The highest BCUT2D eigenvalue weighted by molar-refractivity contribution is 5.90. The Labute approximate surface area is 116 Å². The molecular weight excluding hydrogens is 260 g/mol. The Bertz CT molecular complexity index is 583. The number of nitrogens with zero attached hydrogens (tertiary/aromatic N) is 3. The number of rotatable bonds is 5. The van der Waals surface area contributed by atoms with Crippen LogP contribution in [0, 0.1) is 0 Å². The maximum Gasteiger partial charge on any atom is 0.291 e. The summed E-state index contributed by atoms with van der Waals surface area (Å²) in [4.78, 5) is 17.5. The van der Waals surface area contributed by atoms with Crippen molar-refractivity contribution in [1.82, 2.24) is 20.1 Å². The first kappa shape index (κ1) is 13.9. The van der Waals surface area contributed by atoms with Crippen LogP contribution >= 0.6 is 0 Å². The highest BCUT2D eigenvalue weighted by Gasteiger charge is 2.17. The number of para-hydroxylation sites is 1. The number of carbonyl (C=O) groups excluding carboxylic acids is 1. The van der Waals surface area contributed by atoms with E-state index in [0.717, 1.165) is 5.56 Å². The van der Waals surface area contributed by atoms with Gasteiger partial charge in [0.25, 0.3) is 5.91 Å². The van der Waals surface area contributed by atoms with Crippen LogP contribution in [-0.2, 0) is 6.54 Å². The molecule has 1 heterocycles. The zero-order valence-electron chi connectivity index (χ0n) is 11.6. The summed E-state index contributed by atoms with van der Waals surface area (Å²) in [5, 5.41) is 6.21. The number of carbonyl (C=O) groups is 1. The van der Waals surface area contributed by atoms with Gasteiger partial charge in [0.1, 0.15) is 6.33 Å². The van der Waals surface area contributed by atoms with Crippen molar-refractivity contribution in [2.24, 2.45) is 0 Å². The van der Waals surface area contributed by atoms with Crippen molar-refractivity contribution in [2.45, 2.75) is 6.54 Å². The van der Waals surface area contributed by atoms with E-state index in [4.69, 9.17) is 9.47 Å². The Hall–Kier alpha value is -2.57. The van der Waals surface area contributed by atoms with Crippen molar-refractivity contribution >= 4 is 5.91 Å². The standard InChI is InChI=1S/C13H16N4O3/c1-17(13(18)12-14-8-15-16-12)7-9-5-4-6-10(19-2)11(9)20-3/h4-6,8H,7H2,1-3H3,(H,14,15,16). The Balaban J connectivity index is 2.19. The zero-order valence-corrected chi connectivity index (χ0v) is 11.6. The van der Waals surface area contributed by atoms with E-state index in [0.29, 0.717) is 18.0 Å². The van der Waals surface area contributed by atoms with Crippen LogP contribution in [0.2, 0.25) is 0 Å². The Kier molecular flexibility index (Phi) is 4.19. The fraction of sp³-hybridized carbons (Fsp3) is 0.308. The number of nitrogens with one attached hydrogen (secondary N) is 1. The van der Waals surface area contributed by atoms with Crippen LogP contribution in [0.4, 0.5) is 0 Å². The molecule has 1 aromatic heterocycles. The molecule has 0 bridgehead atoms. The van der Waals surface area contributed by atoms with Crippen LogP contribution < -0.4 is 9.47 Å². The number of hydrogen-bond acceptors (Lipinski definition) is 5. The SMILES string of the molecule is COc1cccc(CN(C)C(=O)c2ncn[nH]2)c1OC. The van der Waals surface area contributed by atoms with E-state index >= 15 is 0 Å². The summed E-state index contributed by atoms with van der Waals surface area (Å²) in [7, 11) is 4.83. The van der Waals surface area contributed by atoms with Crippen LogP contribution in [0.25, 0.3) is 0 Å². The molecule has 106 valence electrons. The maximum atomic E-state index is 12.1. The number of aromatic amines is 1. The van der Waals surface area contributed by atoms with Crippen molar-refractivity contribution < 1.29 is 14.3 Å². The number of ether oxygens (including phenoxy) is 2. The summed E-state index contributed by atoms with van der Waals surface area (Å²) >= 11 is 0. The molecule has 7 heteroatoms. The van der Waals surface area contributed by atoms with Crippen LogP contribution in [0.1, 0.15) is 16.2 Å². The van der Waals surface area contributed by atoms with E-state index in [1.54, 1.807) is 27.3 Å². The first-order valence-corrected chi connectivity index (χ1v) is 5.98. The van der Waals surface area contributed by atoms with E-state index in [9.17, 15) is 4.79 Å². The van der Waals surface area contributed by atoms with Gasteiger partial charge in [0.05, 0.1) is 14.2 Å². The second kappa shape index (κ2) is 6.05. The molecule has 0 aliphatic rings. The smallest absolute Gasteiger partial charge is 0.291 e. The van der Waals surface area contributed by atoms with E-state index in [-0.39, 0.29) is 11.7 Å². The van der Waals surface area contributed by atoms with E-state index < -0.39 is 0 Å². The average molecular weight is 276 g/mol. The molecule has 1 aromatic carbocycles. The molecule has 0 unspecified atom stereocenters. The molecule has 7 nitrogen and oxygen atoms in total. The molecule has 0 saturated carbocycles. The Morgan fingerprint density at radius 3 is 2.75 bits per heavy atom. The van der Waals surface area contributed by atoms with E-state index in [1.807, 2.05) is 12.1 Å². The largest absolute Gasteiger partial charge is 0.493 e.